The maximum absolute atomic E-state index is 2.18. The molecular weight excluding hydrogens is 440 g/mol. The van der Waals surface area contributed by atoms with Crippen LogP contribution in [-0.2, 0) is 38.7 Å². The van der Waals surface area contributed by atoms with Crippen LogP contribution in [0.2, 0.25) is 0 Å². The Kier molecular flexibility index (Phi) is 2.47. The molecule has 0 aromatic heterocycles. The molecular formula is C6H4W2. The Morgan fingerprint density at radius 1 is 0.875 bits per heavy atom. The van der Waals surface area contributed by atoms with Gasteiger partial charge in [0.25, 0.3) is 0 Å². The van der Waals surface area contributed by atoms with Crippen LogP contribution in [0.5, 0.6) is 0 Å². The standard InChI is InChI=1S/C6H4.2W/c1-2-4-6-5-3-1;;/h1-4H;;. The molecule has 2 heteroatoms. The van der Waals surface area contributed by atoms with Gasteiger partial charge in [0.05, 0.1) is 0 Å². The van der Waals surface area contributed by atoms with E-state index in [4.69, 9.17) is 0 Å². The monoisotopic (exact) mass is 444 g/mol. The van der Waals surface area contributed by atoms with Crippen molar-refractivity contribution in [3.05, 3.63) is 24.3 Å². The van der Waals surface area contributed by atoms with Crippen molar-refractivity contribution in [3.63, 3.8) is 0 Å². The fourth-order valence-corrected chi connectivity index (χ4v) is 1.50. The van der Waals surface area contributed by atoms with Crippen molar-refractivity contribution in [2.75, 3.05) is 0 Å². The van der Waals surface area contributed by atoms with E-state index in [2.05, 4.69) is 24.3 Å². The summed E-state index contributed by atoms with van der Waals surface area (Å²) in [6.45, 7) is 0. The van der Waals surface area contributed by atoms with Gasteiger partial charge in [0.2, 0.25) is 0 Å². The van der Waals surface area contributed by atoms with E-state index in [9.17, 15) is 0 Å². The third kappa shape index (κ3) is 1.54. The number of hydrogen-bond acceptors (Lipinski definition) is 0. The normalized spacial score (nSPS) is 17.5. The van der Waals surface area contributed by atoms with E-state index in [0.29, 0.717) is 0 Å². The summed E-state index contributed by atoms with van der Waals surface area (Å²) in [6.07, 6.45) is 8.54. The van der Waals surface area contributed by atoms with Crippen LogP contribution in [-0.4, -0.2) is 7.80 Å². The molecule has 0 heterocycles. The van der Waals surface area contributed by atoms with Gasteiger partial charge >= 0.3 is 70.8 Å². The van der Waals surface area contributed by atoms with Crippen molar-refractivity contribution in [3.8, 4) is 0 Å². The van der Waals surface area contributed by atoms with E-state index in [1.807, 2.05) is 0 Å². The van der Waals surface area contributed by atoms with Gasteiger partial charge in [-0.25, -0.2) is 0 Å². The molecule has 0 unspecified atom stereocenters. The van der Waals surface area contributed by atoms with Gasteiger partial charge in [0.15, 0.2) is 0 Å². The average molecular weight is 444 g/mol. The summed E-state index contributed by atoms with van der Waals surface area (Å²) < 4.78 is 2.98. The molecule has 8 heavy (non-hydrogen) atoms. The predicted octanol–water partition coefficient (Wildman–Crippen LogP) is 0.551. The second kappa shape index (κ2) is 2.94. The van der Waals surface area contributed by atoms with Crippen molar-refractivity contribution in [2.45, 2.75) is 0 Å². The number of allylic oxidation sites excluding steroid dienone is 4. The van der Waals surface area contributed by atoms with E-state index in [1.165, 1.54) is 7.80 Å². The molecule has 1 aliphatic carbocycles. The van der Waals surface area contributed by atoms with Gasteiger partial charge in [-0.3, -0.25) is 0 Å². The molecule has 40 valence electrons. The minimum absolute atomic E-state index is 1.49. The average Bonchev–Trinajstić information content (AvgIpc) is 1.77. The molecule has 0 nitrogen and oxygen atoms in total. The quantitative estimate of drug-likeness (QED) is 0.513. The Labute approximate surface area is 70.5 Å². The third-order valence-corrected chi connectivity index (χ3v) is 5.42. The zero-order valence-electron chi connectivity index (χ0n) is 4.13. The molecule has 1 rings (SSSR count). The maximum atomic E-state index is 2.18. The van der Waals surface area contributed by atoms with Crippen LogP contribution >= 0.6 is 0 Å². The number of hydrogen-bond donors (Lipinski definition) is 0. The van der Waals surface area contributed by atoms with Crippen molar-refractivity contribution in [1.29, 1.82) is 0 Å². The van der Waals surface area contributed by atoms with Crippen LogP contribution in [0.1, 0.15) is 0 Å². The van der Waals surface area contributed by atoms with Gasteiger partial charge in [-0.15, -0.1) is 0 Å². The molecule has 0 spiro atoms. The van der Waals surface area contributed by atoms with Gasteiger partial charge in [-0.1, -0.05) is 0 Å². The van der Waals surface area contributed by atoms with Crippen LogP contribution in [0.15, 0.2) is 24.3 Å². The first-order valence-electron chi connectivity index (χ1n) is 2.24. The van der Waals surface area contributed by atoms with E-state index in [1.54, 1.807) is 38.7 Å². The molecule has 0 radical (unpaired) electrons. The molecule has 0 aromatic rings. The fourth-order valence-electron chi connectivity index (χ4n) is 0.450. The van der Waals surface area contributed by atoms with Crippen LogP contribution in [0.3, 0.4) is 0 Å². The molecule has 0 N–H and O–H groups in total. The molecule has 0 aromatic carbocycles. The predicted molar refractivity (Wildman–Crippen MR) is 28.3 cm³/mol. The fraction of sp³-hybridized carbons (Fsp3) is 0. The van der Waals surface area contributed by atoms with Crippen LogP contribution in [0.4, 0.5) is 0 Å². The van der Waals surface area contributed by atoms with Crippen molar-refractivity contribution < 1.29 is 38.7 Å². The molecule has 0 amide bonds. The summed E-state index contributed by atoms with van der Waals surface area (Å²) in [5, 5.41) is 0. The Balaban J connectivity index is 2.89. The third-order valence-electron chi connectivity index (χ3n) is 0.849. The Morgan fingerprint density at radius 2 is 1.25 bits per heavy atom. The van der Waals surface area contributed by atoms with Crippen LogP contribution in [0.25, 0.3) is 0 Å². The van der Waals surface area contributed by atoms with Gasteiger partial charge in [0.1, 0.15) is 0 Å². The molecule has 1 aliphatic rings. The van der Waals surface area contributed by atoms with E-state index < -0.39 is 0 Å². The van der Waals surface area contributed by atoms with Crippen LogP contribution in [0, 0.1) is 0 Å². The first-order chi connectivity index (χ1) is 3.80. The van der Waals surface area contributed by atoms with Crippen molar-refractivity contribution in [2.24, 2.45) is 0 Å². The van der Waals surface area contributed by atoms with Gasteiger partial charge in [-0.2, -0.15) is 0 Å². The Hall–Kier alpha value is 0.597. The van der Waals surface area contributed by atoms with Gasteiger partial charge in [0, 0.05) is 0 Å². The van der Waals surface area contributed by atoms with Crippen LogP contribution < -0.4 is 0 Å². The topological polar surface area (TPSA) is 0 Å². The molecule has 0 saturated carbocycles. The molecule has 0 atom stereocenters. The van der Waals surface area contributed by atoms with Crippen molar-refractivity contribution in [1.82, 2.24) is 0 Å². The second-order valence-electron chi connectivity index (χ2n) is 1.45. The zero-order chi connectivity index (χ0) is 5.98. The summed E-state index contributed by atoms with van der Waals surface area (Å²) in [6, 6.07) is 0. The van der Waals surface area contributed by atoms with E-state index in [0.717, 1.165) is 0 Å². The SMILES string of the molecule is [W]=[C]1C=CC=C[C]1=[W]. The Bertz CT molecular complexity index is 165. The molecule has 0 bridgehead atoms. The van der Waals surface area contributed by atoms with Gasteiger partial charge in [-0.05, 0) is 0 Å². The number of rotatable bonds is 0. The molecule has 0 saturated heterocycles. The summed E-state index contributed by atoms with van der Waals surface area (Å²) in [5.74, 6) is 0. The van der Waals surface area contributed by atoms with Crippen molar-refractivity contribution >= 4 is 7.80 Å². The zero-order valence-corrected chi connectivity index (χ0v) is 9.99. The minimum atomic E-state index is 1.49. The van der Waals surface area contributed by atoms with Gasteiger partial charge < -0.3 is 0 Å². The first-order valence-corrected chi connectivity index (χ1v) is 5.17. The second-order valence-corrected chi connectivity index (χ2v) is 4.61. The van der Waals surface area contributed by atoms with E-state index in [-0.39, 0.29) is 0 Å². The Morgan fingerprint density at radius 3 is 1.50 bits per heavy atom. The molecule has 0 aliphatic heterocycles. The summed E-state index contributed by atoms with van der Waals surface area (Å²) in [7, 11) is 0. The summed E-state index contributed by atoms with van der Waals surface area (Å²) >= 11 is 3.15. The summed E-state index contributed by atoms with van der Waals surface area (Å²) in [5.41, 5.74) is 0. The summed E-state index contributed by atoms with van der Waals surface area (Å²) in [4.78, 5) is 0. The van der Waals surface area contributed by atoms with E-state index >= 15 is 0 Å². The molecule has 0 fully saturated rings. The first kappa shape index (κ1) is 6.71.